The van der Waals surface area contributed by atoms with E-state index >= 15 is 9.59 Å². The van der Waals surface area contributed by atoms with Crippen molar-refractivity contribution in [2.75, 3.05) is 76.8 Å². The van der Waals surface area contributed by atoms with Crippen molar-refractivity contribution in [3.63, 3.8) is 0 Å². The number of hydrogen-bond acceptors (Lipinski definition) is 14. The third-order valence-corrected chi connectivity index (χ3v) is 17.0. The van der Waals surface area contributed by atoms with Gasteiger partial charge in [0.15, 0.2) is 0 Å². The lowest BCUT2D eigenvalue weighted by Gasteiger charge is -2.41. The number of rotatable bonds is 18. The molecule has 25 heteroatoms. The van der Waals surface area contributed by atoms with Crippen molar-refractivity contribution in [3.8, 4) is 0 Å². The summed E-state index contributed by atoms with van der Waals surface area (Å²) in [7, 11) is 12.6. The summed E-state index contributed by atoms with van der Waals surface area (Å²) in [6, 6.07) is -14.2. The Morgan fingerprint density at radius 1 is 0.461 bits per heavy atom. The van der Waals surface area contributed by atoms with Crippen LogP contribution >= 0.6 is 0 Å². The van der Waals surface area contributed by atoms with E-state index < -0.39 is 161 Å². The van der Waals surface area contributed by atoms with Crippen molar-refractivity contribution in [2.45, 2.75) is 215 Å². The molecule has 0 aromatic heterocycles. The largest absolute Gasteiger partial charge is 0.390 e. The molecule has 89 heavy (non-hydrogen) atoms. The van der Waals surface area contributed by atoms with Crippen LogP contribution in [0, 0.1) is 41.4 Å². The molecule has 0 spiro atoms. The maximum atomic E-state index is 15.2. The number of allylic oxidation sites excluding steroid dienone is 2. The van der Waals surface area contributed by atoms with E-state index in [1.807, 2.05) is 41.5 Å². The molecule has 11 amide bonds. The van der Waals surface area contributed by atoms with Crippen LogP contribution in [-0.4, -0.2) is 254 Å². The maximum absolute atomic E-state index is 15.2. The van der Waals surface area contributed by atoms with E-state index in [2.05, 4.69) is 21.3 Å². The van der Waals surface area contributed by atoms with E-state index in [0.29, 0.717) is 6.42 Å². The number of likely N-dealkylation sites (N-methyl/N-ethyl adjacent to an activating group) is 7. The second-order valence-corrected chi connectivity index (χ2v) is 26.4. The van der Waals surface area contributed by atoms with Gasteiger partial charge in [0.05, 0.1) is 19.3 Å². The minimum atomic E-state index is -1.64. The summed E-state index contributed by atoms with van der Waals surface area (Å²) in [5, 5.41) is 23.2. The number of amides is 11. The highest BCUT2D eigenvalue weighted by Gasteiger charge is 2.47. The van der Waals surface area contributed by atoms with Gasteiger partial charge in [0.1, 0.15) is 66.5 Å². The first kappa shape index (κ1) is 80.8. The number of methoxy groups -OCH3 is 2. The molecule has 1 fully saturated rings. The number of aliphatic hydroxyl groups is 1. The monoisotopic (exact) mass is 1260 g/mol. The van der Waals surface area contributed by atoms with Crippen LogP contribution in [0.2, 0.25) is 0 Å². The Labute approximate surface area is 531 Å². The van der Waals surface area contributed by atoms with Crippen LogP contribution in [0.15, 0.2) is 12.2 Å². The third kappa shape index (κ3) is 22.0. The Morgan fingerprint density at radius 3 is 1.34 bits per heavy atom. The summed E-state index contributed by atoms with van der Waals surface area (Å²) >= 11 is 0. The lowest BCUT2D eigenvalue weighted by molar-refractivity contribution is -0.157. The number of aliphatic hydroxyl groups excluding tert-OH is 1. The molecule has 0 aromatic carbocycles. The summed E-state index contributed by atoms with van der Waals surface area (Å²) in [4.78, 5) is 171. The molecule has 0 saturated carbocycles. The number of nitrogens with one attached hydrogen (secondary N) is 4. The first-order valence-electron chi connectivity index (χ1n) is 31.6. The highest BCUT2D eigenvalue weighted by Crippen LogP contribution is 2.26. The van der Waals surface area contributed by atoms with Crippen molar-refractivity contribution in [1.29, 1.82) is 0 Å². The number of hydrogen-bond donors (Lipinski definition) is 5. The molecule has 0 aromatic rings. The molecular formula is C64H115N11O14. The Hall–Kier alpha value is -6.21. The average Bonchev–Trinajstić information content (AvgIpc) is 3.24. The van der Waals surface area contributed by atoms with Crippen LogP contribution in [0.5, 0.6) is 0 Å². The van der Waals surface area contributed by atoms with Gasteiger partial charge in [0.25, 0.3) is 0 Å². The Balaban J connectivity index is 4.46. The minimum Gasteiger partial charge on any atom is -0.390 e. The zero-order valence-corrected chi connectivity index (χ0v) is 58.5. The molecule has 5 N–H and O–H groups in total. The standard InChI is InChI=1S/C64H115N11O14/c1-26-28-29-40(13)53(76)52-57(80)67-45(27-2)60(83)69(17)43(16)59(82)74(22)51(44(33-88-24)34-89-25)56(79)68-49(38(9)10)63(86)70(18)46(30-35(3)4)55(78)65-41(14)54(77)66-42(15)58(81)71(19)47(31-36(5)6)61(84)72(20)48(32-37(7)8)62(85)73(21)50(39(11)12)64(87)75(52)23/h26,28,35-53,76H,27,29-34H2,1-25H3,(H,65,78)(H,66,77)(H,67,80)(H,68,79)/b28-26+/t40-,41+,42-,43-,45+,46+,47+,48+,49?,50?,51?,52+,53-/m1/s1. The SMILES string of the molecule is C/C=C/C[C@@H](C)[C@@H](O)[C@H]1C(=O)N[C@@H](CC)C(=O)N(C)[C@H](C)C(=O)N(C)C(C(COC)COC)C(=O)NC(C(C)C)C(=O)N(C)[C@@H](CC(C)C)C(=O)N[C@@H](C)C(=O)N[C@H](C)C(=O)N(C)[C@@H](CC(C)C)C(=O)N(C)[C@@H](CC(C)C)C(=O)N(C)C(C(C)C)C(=O)N1C. The topological polar surface area (TPSA) is 297 Å². The molecule has 3 unspecified atom stereocenters. The van der Waals surface area contributed by atoms with E-state index in [9.17, 15) is 48.3 Å². The molecule has 25 nitrogen and oxygen atoms in total. The Kier molecular flexibility index (Phi) is 33.8. The van der Waals surface area contributed by atoms with Crippen LogP contribution in [0.1, 0.15) is 143 Å². The number of ether oxygens (including phenoxy) is 2. The van der Waals surface area contributed by atoms with E-state index in [1.54, 1.807) is 60.6 Å². The summed E-state index contributed by atoms with van der Waals surface area (Å²) in [5.74, 6) is -11.0. The molecule has 1 aliphatic rings. The maximum Gasteiger partial charge on any atom is 0.246 e. The van der Waals surface area contributed by atoms with E-state index in [4.69, 9.17) is 9.47 Å². The molecule has 1 rings (SSSR count). The van der Waals surface area contributed by atoms with Crippen molar-refractivity contribution >= 4 is 65.0 Å². The molecule has 0 radical (unpaired) electrons. The van der Waals surface area contributed by atoms with Crippen LogP contribution < -0.4 is 21.3 Å². The van der Waals surface area contributed by atoms with Crippen molar-refractivity contribution in [1.82, 2.24) is 55.6 Å². The van der Waals surface area contributed by atoms with Gasteiger partial charge in [-0.25, -0.2) is 0 Å². The normalized spacial score (nSPS) is 27.1. The van der Waals surface area contributed by atoms with Gasteiger partial charge in [-0.3, -0.25) is 52.7 Å². The summed E-state index contributed by atoms with van der Waals surface area (Å²) < 4.78 is 11.1. The second kappa shape index (κ2) is 37.2. The summed E-state index contributed by atoms with van der Waals surface area (Å²) in [6.07, 6.45) is 2.73. The van der Waals surface area contributed by atoms with E-state index in [1.165, 1.54) is 104 Å². The molecule has 1 heterocycles. The Morgan fingerprint density at radius 2 is 0.888 bits per heavy atom. The summed E-state index contributed by atoms with van der Waals surface area (Å²) in [6.45, 7) is 27.2. The summed E-state index contributed by atoms with van der Waals surface area (Å²) in [5.41, 5.74) is 0. The number of carbonyl (C=O) groups is 11. The van der Waals surface area contributed by atoms with Gasteiger partial charge in [-0.15, -0.1) is 0 Å². The van der Waals surface area contributed by atoms with Gasteiger partial charge < -0.3 is 70.1 Å². The molecule has 0 bridgehead atoms. The van der Waals surface area contributed by atoms with Crippen LogP contribution in [-0.2, 0) is 62.2 Å². The highest BCUT2D eigenvalue weighted by molar-refractivity contribution is 6.00. The highest BCUT2D eigenvalue weighted by atomic mass is 16.5. The van der Waals surface area contributed by atoms with Crippen molar-refractivity contribution in [2.24, 2.45) is 41.4 Å². The quantitative estimate of drug-likeness (QED) is 0.123. The van der Waals surface area contributed by atoms with Crippen LogP contribution in [0.4, 0.5) is 0 Å². The first-order chi connectivity index (χ1) is 41.2. The first-order valence-corrected chi connectivity index (χ1v) is 31.6. The fourth-order valence-corrected chi connectivity index (χ4v) is 11.3. The van der Waals surface area contributed by atoms with Crippen molar-refractivity contribution < 1.29 is 67.3 Å². The molecule has 13 atom stereocenters. The van der Waals surface area contributed by atoms with Gasteiger partial charge in [0.2, 0.25) is 65.0 Å². The number of carbonyl (C=O) groups excluding carboxylic acids is 11. The second-order valence-electron chi connectivity index (χ2n) is 26.4. The smallest absolute Gasteiger partial charge is 0.246 e. The number of nitrogens with zero attached hydrogens (tertiary/aromatic N) is 7. The van der Waals surface area contributed by atoms with Gasteiger partial charge in [-0.2, -0.15) is 0 Å². The van der Waals surface area contributed by atoms with Crippen molar-refractivity contribution in [3.05, 3.63) is 12.2 Å². The predicted octanol–water partition coefficient (Wildman–Crippen LogP) is 2.52. The minimum absolute atomic E-state index is 0.0157. The zero-order valence-electron chi connectivity index (χ0n) is 58.5. The van der Waals surface area contributed by atoms with Gasteiger partial charge in [0, 0.05) is 69.5 Å². The molecule has 510 valence electrons. The van der Waals surface area contributed by atoms with E-state index in [0.717, 1.165) is 14.7 Å². The average molecular weight is 1260 g/mol. The zero-order chi connectivity index (χ0) is 69.0. The van der Waals surface area contributed by atoms with Gasteiger partial charge >= 0.3 is 0 Å². The van der Waals surface area contributed by atoms with Gasteiger partial charge in [-0.05, 0) is 95.3 Å². The molecule has 1 aliphatic heterocycles. The van der Waals surface area contributed by atoms with Gasteiger partial charge in [-0.1, -0.05) is 95.2 Å². The molecular weight excluding hydrogens is 1150 g/mol. The Bertz CT molecular complexity index is 2420. The lowest BCUT2D eigenvalue weighted by atomic mass is 9.91. The predicted molar refractivity (Wildman–Crippen MR) is 341 cm³/mol. The van der Waals surface area contributed by atoms with E-state index in [-0.39, 0.29) is 56.7 Å². The lowest BCUT2D eigenvalue weighted by Crippen LogP contribution is -2.64. The fraction of sp³-hybridized carbons (Fsp3) is 0.797. The third-order valence-electron chi connectivity index (χ3n) is 17.0. The fourth-order valence-electron chi connectivity index (χ4n) is 11.3. The molecule has 0 aliphatic carbocycles. The van der Waals surface area contributed by atoms with Crippen LogP contribution in [0.3, 0.4) is 0 Å². The van der Waals surface area contributed by atoms with Crippen LogP contribution in [0.25, 0.3) is 0 Å². The molecule has 1 saturated heterocycles.